The van der Waals surface area contributed by atoms with Gasteiger partial charge in [-0.15, -0.1) is 0 Å². The summed E-state index contributed by atoms with van der Waals surface area (Å²) in [6, 6.07) is 4.19. The summed E-state index contributed by atoms with van der Waals surface area (Å²) in [6.07, 6.45) is 1.85. The fraction of sp³-hybridized carbons (Fsp3) is 0.526. The third-order valence-electron chi connectivity index (χ3n) is 4.90. The molecule has 2 N–H and O–H groups in total. The van der Waals surface area contributed by atoms with Crippen LogP contribution in [-0.2, 0) is 17.7 Å². The van der Waals surface area contributed by atoms with Crippen LogP contribution < -0.4 is 10.1 Å². The highest BCUT2D eigenvalue weighted by Crippen LogP contribution is 2.40. The number of aromatic nitrogens is 1. The Labute approximate surface area is 147 Å². The number of ether oxygens (including phenoxy) is 2. The average Bonchev–Trinajstić information content (AvgIpc) is 2.63. The Bertz CT molecular complexity index is 772. The quantitative estimate of drug-likeness (QED) is 0.889. The fourth-order valence-electron chi connectivity index (χ4n) is 3.73. The molecule has 0 atom stereocenters. The maximum Gasteiger partial charge on any atom is 0.216 e. The van der Waals surface area contributed by atoms with E-state index in [1.165, 1.54) is 0 Å². The summed E-state index contributed by atoms with van der Waals surface area (Å²) < 4.78 is 11.4. The molecule has 6 nitrogen and oxygen atoms in total. The molecule has 2 aliphatic heterocycles. The molecule has 6 heteroatoms. The van der Waals surface area contributed by atoms with E-state index in [0.717, 1.165) is 85.7 Å². The Morgan fingerprint density at radius 3 is 2.96 bits per heavy atom. The number of nitrogens with one attached hydrogen (secondary N) is 1. The molecule has 1 fully saturated rings. The van der Waals surface area contributed by atoms with Gasteiger partial charge in [0, 0.05) is 31.7 Å². The van der Waals surface area contributed by atoms with Crippen LogP contribution in [0.4, 0.5) is 5.69 Å². The number of aromatic hydroxyl groups is 1. The van der Waals surface area contributed by atoms with Gasteiger partial charge in [-0.25, -0.2) is 4.98 Å². The first kappa shape index (κ1) is 16.4. The molecule has 0 saturated carbocycles. The summed E-state index contributed by atoms with van der Waals surface area (Å²) in [5.74, 6) is 0.988. The van der Waals surface area contributed by atoms with Crippen molar-refractivity contribution in [1.82, 2.24) is 9.88 Å². The van der Waals surface area contributed by atoms with E-state index in [4.69, 9.17) is 9.47 Å². The Hall–Kier alpha value is -2.05. The molecule has 0 amide bonds. The van der Waals surface area contributed by atoms with E-state index in [1.54, 1.807) is 0 Å². The first-order chi connectivity index (χ1) is 12.3. The Morgan fingerprint density at radius 2 is 2.16 bits per heavy atom. The molecular weight excluding hydrogens is 318 g/mol. The molecule has 3 heterocycles. The van der Waals surface area contributed by atoms with E-state index < -0.39 is 0 Å². The summed E-state index contributed by atoms with van der Waals surface area (Å²) in [5, 5.41) is 14.8. The highest BCUT2D eigenvalue weighted by Gasteiger charge is 2.22. The number of morpholine rings is 1. The molecule has 0 radical (unpaired) electrons. The minimum absolute atomic E-state index is 0.140. The van der Waals surface area contributed by atoms with Crippen LogP contribution in [0.25, 0.3) is 10.9 Å². The fourth-order valence-corrected chi connectivity index (χ4v) is 3.73. The van der Waals surface area contributed by atoms with Gasteiger partial charge in [0.05, 0.1) is 36.4 Å². The second-order valence-corrected chi connectivity index (χ2v) is 6.63. The Balaban J connectivity index is 1.79. The summed E-state index contributed by atoms with van der Waals surface area (Å²) in [7, 11) is 0. The van der Waals surface area contributed by atoms with Crippen molar-refractivity contribution >= 4 is 16.6 Å². The molecular formula is C19H25N3O3. The lowest BCUT2D eigenvalue weighted by atomic mass is 9.99. The van der Waals surface area contributed by atoms with Gasteiger partial charge in [-0.05, 0) is 37.5 Å². The maximum absolute atomic E-state index is 10.4. The first-order valence-electron chi connectivity index (χ1n) is 9.11. The van der Waals surface area contributed by atoms with E-state index >= 15 is 0 Å². The molecule has 134 valence electrons. The lowest BCUT2D eigenvalue weighted by Crippen LogP contribution is -2.35. The zero-order valence-corrected chi connectivity index (χ0v) is 14.7. The van der Waals surface area contributed by atoms with Gasteiger partial charge in [0.15, 0.2) is 0 Å². The number of hydrogen-bond donors (Lipinski definition) is 2. The monoisotopic (exact) mass is 343 g/mol. The maximum atomic E-state index is 10.4. The van der Waals surface area contributed by atoms with Crippen molar-refractivity contribution in [3.8, 4) is 11.6 Å². The minimum atomic E-state index is 0.140. The standard InChI is InChI=1S/C19H25N3O3/c1-2-25-16-11-13(12-22-6-8-24-9-7-22)10-15-17(16)18-14(19(23)21-15)4-3-5-20-18/h10-11,20H,2-9,12H2,1H3,(H,21,23). The third-order valence-corrected chi connectivity index (χ3v) is 4.90. The van der Waals surface area contributed by atoms with Crippen LogP contribution in [0.3, 0.4) is 0 Å². The smallest absolute Gasteiger partial charge is 0.216 e. The molecule has 2 aromatic rings. The minimum Gasteiger partial charge on any atom is -0.493 e. The van der Waals surface area contributed by atoms with Gasteiger partial charge in [0.25, 0.3) is 0 Å². The van der Waals surface area contributed by atoms with E-state index in [9.17, 15) is 5.11 Å². The normalized spacial score (nSPS) is 18.0. The number of fused-ring (bicyclic) bond motifs is 3. The van der Waals surface area contributed by atoms with E-state index in [2.05, 4.69) is 27.3 Å². The molecule has 0 aliphatic carbocycles. The SMILES string of the molecule is CCOc1cc(CN2CCOCC2)cc2nc(O)c3c(c12)NCCC3. The summed E-state index contributed by atoms with van der Waals surface area (Å²) in [5.41, 5.74) is 3.83. The van der Waals surface area contributed by atoms with Crippen LogP contribution >= 0.6 is 0 Å². The lowest BCUT2D eigenvalue weighted by Gasteiger charge is -2.27. The van der Waals surface area contributed by atoms with Crippen LogP contribution in [0.2, 0.25) is 0 Å². The zero-order valence-electron chi connectivity index (χ0n) is 14.7. The zero-order chi connectivity index (χ0) is 17.2. The van der Waals surface area contributed by atoms with Crippen LogP contribution in [-0.4, -0.2) is 54.4 Å². The lowest BCUT2D eigenvalue weighted by molar-refractivity contribution is 0.0342. The summed E-state index contributed by atoms with van der Waals surface area (Å²) in [4.78, 5) is 6.85. The van der Waals surface area contributed by atoms with Crippen LogP contribution in [0.5, 0.6) is 11.6 Å². The van der Waals surface area contributed by atoms with Crippen molar-refractivity contribution in [3.63, 3.8) is 0 Å². The number of benzene rings is 1. The average molecular weight is 343 g/mol. The van der Waals surface area contributed by atoms with Gasteiger partial charge < -0.3 is 19.9 Å². The predicted molar refractivity (Wildman–Crippen MR) is 97.5 cm³/mol. The number of rotatable bonds is 4. The second kappa shape index (κ2) is 7.06. The summed E-state index contributed by atoms with van der Waals surface area (Å²) >= 11 is 0. The van der Waals surface area contributed by atoms with Crippen molar-refractivity contribution in [2.45, 2.75) is 26.3 Å². The Morgan fingerprint density at radius 1 is 1.32 bits per heavy atom. The van der Waals surface area contributed by atoms with Gasteiger partial charge in [-0.2, -0.15) is 0 Å². The van der Waals surface area contributed by atoms with Crippen molar-refractivity contribution < 1.29 is 14.6 Å². The molecule has 0 spiro atoms. The van der Waals surface area contributed by atoms with Gasteiger partial charge in [0.1, 0.15) is 5.75 Å². The van der Waals surface area contributed by atoms with E-state index in [0.29, 0.717) is 6.61 Å². The molecule has 1 aromatic carbocycles. The highest BCUT2D eigenvalue weighted by molar-refractivity contribution is 5.99. The van der Waals surface area contributed by atoms with Crippen LogP contribution in [0, 0.1) is 0 Å². The highest BCUT2D eigenvalue weighted by atomic mass is 16.5. The van der Waals surface area contributed by atoms with Crippen molar-refractivity contribution in [3.05, 3.63) is 23.3 Å². The molecule has 1 saturated heterocycles. The van der Waals surface area contributed by atoms with Crippen LogP contribution in [0.15, 0.2) is 12.1 Å². The number of anilines is 1. The topological polar surface area (TPSA) is 66.9 Å². The van der Waals surface area contributed by atoms with Gasteiger partial charge in [0.2, 0.25) is 5.88 Å². The van der Waals surface area contributed by atoms with Crippen molar-refractivity contribution in [2.24, 2.45) is 0 Å². The molecule has 2 aliphatic rings. The molecule has 25 heavy (non-hydrogen) atoms. The molecule has 0 unspecified atom stereocenters. The molecule has 1 aromatic heterocycles. The van der Waals surface area contributed by atoms with E-state index in [-0.39, 0.29) is 5.88 Å². The van der Waals surface area contributed by atoms with Crippen LogP contribution in [0.1, 0.15) is 24.5 Å². The number of pyridine rings is 1. The van der Waals surface area contributed by atoms with Gasteiger partial charge >= 0.3 is 0 Å². The van der Waals surface area contributed by atoms with Gasteiger partial charge in [-0.3, -0.25) is 4.90 Å². The second-order valence-electron chi connectivity index (χ2n) is 6.63. The predicted octanol–water partition coefficient (Wildman–Crippen LogP) is 2.53. The third kappa shape index (κ3) is 3.24. The first-order valence-corrected chi connectivity index (χ1v) is 9.11. The Kier molecular flexibility index (Phi) is 4.63. The number of nitrogens with zero attached hydrogens (tertiary/aromatic N) is 2. The van der Waals surface area contributed by atoms with E-state index in [1.807, 2.05) is 6.92 Å². The number of hydrogen-bond acceptors (Lipinski definition) is 6. The van der Waals surface area contributed by atoms with Gasteiger partial charge in [-0.1, -0.05) is 0 Å². The molecule has 0 bridgehead atoms. The van der Waals surface area contributed by atoms with Crippen molar-refractivity contribution in [2.75, 3.05) is 44.8 Å². The summed E-state index contributed by atoms with van der Waals surface area (Å²) in [6.45, 7) is 7.78. The largest absolute Gasteiger partial charge is 0.493 e. The van der Waals surface area contributed by atoms with Crippen molar-refractivity contribution in [1.29, 1.82) is 0 Å². The molecule has 4 rings (SSSR count).